The van der Waals surface area contributed by atoms with E-state index in [1.165, 1.54) is 12.1 Å². The first-order valence-corrected chi connectivity index (χ1v) is 7.16. The third-order valence-corrected chi connectivity index (χ3v) is 3.79. The maximum Gasteiger partial charge on any atom is 0.256 e. The summed E-state index contributed by atoms with van der Waals surface area (Å²) in [5, 5.41) is 2.63. The van der Waals surface area contributed by atoms with Gasteiger partial charge in [-0.1, -0.05) is 0 Å². The van der Waals surface area contributed by atoms with Gasteiger partial charge in [-0.05, 0) is 74.9 Å². The Bertz CT molecular complexity index is 649. The van der Waals surface area contributed by atoms with Gasteiger partial charge in [0.25, 0.3) is 5.91 Å². The van der Waals surface area contributed by atoms with Crippen molar-refractivity contribution in [1.82, 2.24) is 0 Å². The zero-order valence-corrected chi connectivity index (χ0v) is 13.3. The fraction of sp³-hybridized carbons (Fsp3) is 0. The van der Waals surface area contributed by atoms with Crippen molar-refractivity contribution in [3.05, 3.63) is 55.8 Å². The number of amides is 1. The molecule has 0 radical (unpaired) electrons. The number of hydrogen-bond donors (Lipinski definition) is 2. The molecule has 3 nitrogen and oxygen atoms in total. The van der Waals surface area contributed by atoms with Crippen molar-refractivity contribution >= 4 is 55.8 Å². The molecule has 0 aliphatic rings. The Hall–Kier alpha value is -1.15. The average molecular weight is 435 g/mol. The Kier molecular flexibility index (Phi) is 4.41. The van der Waals surface area contributed by atoms with E-state index in [1.54, 1.807) is 18.2 Å². The smallest absolute Gasteiger partial charge is 0.256 e. The van der Waals surface area contributed by atoms with Crippen LogP contribution in [0.15, 0.2) is 40.9 Å². The zero-order valence-electron chi connectivity index (χ0n) is 9.58. The number of carbonyl (C=O) groups excluding carboxylic acids is 1. The lowest BCUT2D eigenvalue weighted by molar-refractivity contribution is 0.102. The van der Waals surface area contributed by atoms with Crippen LogP contribution in [0, 0.1) is 9.39 Å². The van der Waals surface area contributed by atoms with Crippen LogP contribution < -0.4 is 11.1 Å². The maximum absolute atomic E-state index is 13.3. The van der Waals surface area contributed by atoms with E-state index in [9.17, 15) is 9.18 Å². The fourth-order valence-corrected chi connectivity index (χ4v) is 2.39. The molecule has 2 rings (SSSR count). The SMILES string of the molecule is Nc1ccc(NC(=O)c2cc(I)ccc2Br)cc1F. The van der Waals surface area contributed by atoms with Crippen LogP contribution in [0.25, 0.3) is 0 Å². The lowest BCUT2D eigenvalue weighted by Crippen LogP contribution is -2.13. The van der Waals surface area contributed by atoms with Crippen molar-refractivity contribution in [3.63, 3.8) is 0 Å². The van der Waals surface area contributed by atoms with E-state index in [-0.39, 0.29) is 11.6 Å². The summed E-state index contributed by atoms with van der Waals surface area (Å²) >= 11 is 5.43. The van der Waals surface area contributed by atoms with Crippen molar-refractivity contribution in [2.24, 2.45) is 0 Å². The van der Waals surface area contributed by atoms with E-state index >= 15 is 0 Å². The largest absolute Gasteiger partial charge is 0.396 e. The second kappa shape index (κ2) is 5.87. The summed E-state index contributed by atoms with van der Waals surface area (Å²) in [7, 11) is 0. The van der Waals surface area contributed by atoms with Crippen LogP contribution in [0.2, 0.25) is 0 Å². The molecular formula is C13H9BrFIN2O. The number of benzene rings is 2. The molecule has 0 aliphatic heterocycles. The van der Waals surface area contributed by atoms with Gasteiger partial charge in [-0.15, -0.1) is 0 Å². The Morgan fingerprint density at radius 3 is 2.68 bits per heavy atom. The molecule has 0 bridgehead atoms. The number of nitrogen functional groups attached to an aromatic ring is 1. The molecule has 0 saturated heterocycles. The Balaban J connectivity index is 2.25. The first-order chi connectivity index (χ1) is 8.97. The van der Waals surface area contributed by atoms with Crippen LogP contribution in [-0.4, -0.2) is 5.91 Å². The highest BCUT2D eigenvalue weighted by Crippen LogP contribution is 2.22. The molecule has 6 heteroatoms. The Morgan fingerprint density at radius 2 is 2.00 bits per heavy atom. The van der Waals surface area contributed by atoms with E-state index in [2.05, 4.69) is 43.8 Å². The predicted molar refractivity (Wildman–Crippen MR) is 85.6 cm³/mol. The number of nitrogens with one attached hydrogen (secondary N) is 1. The average Bonchev–Trinajstić information content (AvgIpc) is 2.36. The predicted octanol–water partition coefficient (Wildman–Crippen LogP) is 4.03. The summed E-state index contributed by atoms with van der Waals surface area (Å²) in [5.41, 5.74) is 6.28. The van der Waals surface area contributed by atoms with Gasteiger partial charge in [-0.3, -0.25) is 4.79 Å². The lowest BCUT2D eigenvalue weighted by atomic mass is 10.2. The second-order valence-electron chi connectivity index (χ2n) is 3.81. The molecule has 0 fully saturated rings. The van der Waals surface area contributed by atoms with E-state index < -0.39 is 5.82 Å². The topological polar surface area (TPSA) is 55.1 Å². The molecule has 0 spiro atoms. The highest BCUT2D eigenvalue weighted by atomic mass is 127. The summed E-state index contributed by atoms with van der Waals surface area (Å²) in [6.07, 6.45) is 0. The third kappa shape index (κ3) is 3.44. The monoisotopic (exact) mass is 434 g/mol. The molecule has 3 N–H and O–H groups in total. The summed E-state index contributed by atoms with van der Waals surface area (Å²) < 4.78 is 14.9. The van der Waals surface area contributed by atoms with Gasteiger partial charge in [0.1, 0.15) is 5.82 Å². The minimum atomic E-state index is -0.556. The summed E-state index contributed by atoms with van der Waals surface area (Å²) in [5.74, 6) is -0.867. The fourth-order valence-electron chi connectivity index (χ4n) is 1.47. The van der Waals surface area contributed by atoms with Crippen molar-refractivity contribution in [3.8, 4) is 0 Å². The quantitative estimate of drug-likeness (QED) is 0.553. The molecule has 1 amide bonds. The molecule has 0 aliphatic carbocycles. The molecule has 19 heavy (non-hydrogen) atoms. The van der Waals surface area contributed by atoms with E-state index in [0.29, 0.717) is 15.7 Å². The van der Waals surface area contributed by atoms with E-state index in [4.69, 9.17) is 5.73 Å². The highest BCUT2D eigenvalue weighted by Gasteiger charge is 2.11. The van der Waals surface area contributed by atoms with Crippen LogP contribution >= 0.6 is 38.5 Å². The molecule has 0 saturated carbocycles. The molecule has 98 valence electrons. The number of rotatable bonds is 2. The third-order valence-electron chi connectivity index (χ3n) is 2.43. The van der Waals surface area contributed by atoms with Crippen molar-refractivity contribution in [2.75, 3.05) is 11.1 Å². The van der Waals surface area contributed by atoms with E-state index in [0.717, 1.165) is 3.57 Å². The maximum atomic E-state index is 13.3. The molecule has 0 atom stereocenters. The normalized spacial score (nSPS) is 10.3. The number of carbonyl (C=O) groups is 1. The van der Waals surface area contributed by atoms with Crippen LogP contribution in [0.1, 0.15) is 10.4 Å². The van der Waals surface area contributed by atoms with Gasteiger partial charge >= 0.3 is 0 Å². The Labute approximate surface area is 131 Å². The van der Waals surface area contributed by atoms with Crippen molar-refractivity contribution in [2.45, 2.75) is 0 Å². The molecule has 0 unspecified atom stereocenters. The standard InChI is InChI=1S/C13H9BrFIN2O/c14-10-3-1-7(16)5-9(10)13(19)18-8-2-4-12(17)11(15)6-8/h1-6H,17H2,(H,18,19). The Morgan fingerprint density at radius 1 is 1.26 bits per heavy atom. The molecule has 2 aromatic carbocycles. The highest BCUT2D eigenvalue weighted by molar-refractivity contribution is 14.1. The lowest BCUT2D eigenvalue weighted by Gasteiger charge is -2.08. The second-order valence-corrected chi connectivity index (χ2v) is 5.91. The van der Waals surface area contributed by atoms with Crippen LogP contribution in [-0.2, 0) is 0 Å². The van der Waals surface area contributed by atoms with Gasteiger partial charge in [0.05, 0.1) is 11.3 Å². The summed E-state index contributed by atoms with van der Waals surface area (Å²) in [4.78, 5) is 12.1. The van der Waals surface area contributed by atoms with Crippen molar-refractivity contribution < 1.29 is 9.18 Å². The van der Waals surface area contributed by atoms with E-state index in [1.807, 2.05) is 6.07 Å². The minimum absolute atomic E-state index is 0.0495. The zero-order chi connectivity index (χ0) is 14.0. The van der Waals surface area contributed by atoms with Gasteiger partial charge < -0.3 is 11.1 Å². The number of anilines is 2. The molecule has 0 heterocycles. The van der Waals surface area contributed by atoms with Crippen LogP contribution in [0.3, 0.4) is 0 Å². The summed E-state index contributed by atoms with van der Waals surface area (Å²) in [6, 6.07) is 9.57. The van der Waals surface area contributed by atoms with Gasteiger partial charge in [0.2, 0.25) is 0 Å². The van der Waals surface area contributed by atoms with Crippen molar-refractivity contribution in [1.29, 1.82) is 0 Å². The number of nitrogens with two attached hydrogens (primary N) is 1. The van der Waals surface area contributed by atoms with Crippen LogP contribution in [0.5, 0.6) is 0 Å². The van der Waals surface area contributed by atoms with Gasteiger partial charge in [0.15, 0.2) is 0 Å². The van der Waals surface area contributed by atoms with Gasteiger partial charge in [0, 0.05) is 13.7 Å². The van der Waals surface area contributed by atoms with Gasteiger partial charge in [-0.25, -0.2) is 4.39 Å². The number of hydrogen-bond acceptors (Lipinski definition) is 2. The minimum Gasteiger partial charge on any atom is -0.396 e. The first-order valence-electron chi connectivity index (χ1n) is 5.29. The molecule has 0 aromatic heterocycles. The first kappa shape index (κ1) is 14.3. The molecular weight excluding hydrogens is 426 g/mol. The van der Waals surface area contributed by atoms with Crippen LogP contribution in [0.4, 0.5) is 15.8 Å². The van der Waals surface area contributed by atoms with Gasteiger partial charge in [-0.2, -0.15) is 0 Å². The number of halogens is 3. The molecule has 2 aromatic rings. The summed E-state index contributed by atoms with van der Waals surface area (Å²) in [6.45, 7) is 0.